The highest BCUT2D eigenvalue weighted by atomic mass is 32.1. The maximum absolute atomic E-state index is 13.5. The van der Waals surface area contributed by atoms with Gasteiger partial charge in [0.2, 0.25) is 11.7 Å². The molecular weight excluding hydrogens is 399 g/mol. The van der Waals surface area contributed by atoms with E-state index in [0.717, 1.165) is 4.88 Å². The van der Waals surface area contributed by atoms with Crippen molar-refractivity contribution in [1.29, 1.82) is 0 Å². The zero-order valence-electron chi connectivity index (χ0n) is 15.6. The number of benzene rings is 1. The maximum Gasteiger partial charge on any atom is 0.449 e. The van der Waals surface area contributed by atoms with E-state index in [-0.39, 0.29) is 18.4 Å². The Labute approximate surface area is 170 Å². The van der Waals surface area contributed by atoms with Crippen molar-refractivity contribution in [3.63, 3.8) is 0 Å². The third-order valence-corrected chi connectivity index (χ3v) is 6.05. The third-order valence-electron chi connectivity index (χ3n) is 5.21. The van der Waals surface area contributed by atoms with Gasteiger partial charge < -0.3 is 9.47 Å². The number of imidazole rings is 1. The number of alkyl halides is 3. The first-order chi connectivity index (χ1) is 13.9. The van der Waals surface area contributed by atoms with E-state index in [0.29, 0.717) is 37.0 Å². The molecule has 1 aliphatic heterocycles. The van der Waals surface area contributed by atoms with Crippen LogP contribution in [0.15, 0.2) is 47.9 Å². The fourth-order valence-corrected chi connectivity index (χ4v) is 4.33. The van der Waals surface area contributed by atoms with Gasteiger partial charge in [-0.1, -0.05) is 18.2 Å². The number of thiophene rings is 1. The topological polar surface area (TPSA) is 38.1 Å². The van der Waals surface area contributed by atoms with E-state index in [4.69, 9.17) is 0 Å². The molecule has 3 aromatic rings. The van der Waals surface area contributed by atoms with Crippen molar-refractivity contribution in [3.05, 3.63) is 58.6 Å². The smallest absolute Gasteiger partial charge is 0.339 e. The summed E-state index contributed by atoms with van der Waals surface area (Å²) in [4.78, 5) is 18.9. The summed E-state index contributed by atoms with van der Waals surface area (Å²) in [5.41, 5.74) is 0.850. The van der Waals surface area contributed by atoms with Crippen molar-refractivity contribution < 1.29 is 18.0 Å². The van der Waals surface area contributed by atoms with Gasteiger partial charge in [0, 0.05) is 30.6 Å². The molecule has 0 radical (unpaired) electrons. The van der Waals surface area contributed by atoms with Crippen molar-refractivity contribution in [3.8, 4) is 0 Å². The van der Waals surface area contributed by atoms with E-state index in [1.807, 2.05) is 17.5 Å². The maximum atomic E-state index is 13.5. The van der Waals surface area contributed by atoms with Gasteiger partial charge in [0.15, 0.2) is 0 Å². The number of hydrogen-bond acceptors (Lipinski definition) is 3. The third kappa shape index (κ3) is 4.37. The zero-order valence-corrected chi connectivity index (χ0v) is 16.4. The molecule has 4 nitrogen and oxygen atoms in total. The number of nitrogens with zero attached hydrogens (tertiary/aromatic N) is 3. The van der Waals surface area contributed by atoms with Crippen LogP contribution in [0.4, 0.5) is 13.2 Å². The van der Waals surface area contributed by atoms with Gasteiger partial charge in [0.25, 0.3) is 0 Å². The van der Waals surface area contributed by atoms with Crippen molar-refractivity contribution in [2.24, 2.45) is 5.92 Å². The standard InChI is InChI=1S/C21H20F3N3OS/c22-21(23,24)20-25-17-5-1-2-6-18(17)27(20)14-15-9-11-26(12-10-15)19(28)8-7-16-4-3-13-29-16/h1-8,13,15H,9-12,14H2. The van der Waals surface area contributed by atoms with Gasteiger partial charge in [-0.2, -0.15) is 13.2 Å². The fourth-order valence-electron chi connectivity index (χ4n) is 3.72. The lowest BCUT2D eigenvalue weighted by molar-refractivity contribution is -0.147. The molecule has 1 amide bonds. The molecule has 3 heterocycles. The number of carbonyl (C=O) groups is 1. The molecule has 0 spiro atoms. The fraction of sp³-hybridized carbons (Fsp3) is 0.333. The van der Waals surface area contributed by atoms with Crippen LogP contribution in [-0.4, -0.2) is 33.4 Å². The van der Waals surface area contributed by atoms with Gasteiger partial charge in [0.05, 0.1) is 11.0 Å². The monoisotopic (exact) mass is 419 g/mol. The van der Waals surface area contributed by atoms with Crippen LogP contribution in [-0.2, 0) is 17.5 Å². The molecular formula is C21H20F3N3OS. The van der Waals surface area contributed by atoms with Gasteiger partial charge in [-0.15, -0.1) is 11.3 Å². The number of aromatic nitrogens is 2. The Hall–Kier alpha value is -2.61. The van der Waals surface area contributed by atoms with Crippen LogP contribution in [0.3, 0.4) is 0 Å². The van der Waals surface area contributed by atoms with Crippen molar-refractivity contribution >= 4 is 34.4 Å². The number of hydrogen-bond donors (Lipinski definition) is 0. The van der Waals surface area contributed by atoms with Crippen LogP contribution >= 0.6 is 11.3 Å². The summed E-state index contributed by atoms with van der Waals surface area (Å²) in [6.07, 6.45) is 0.205. The first kappa shape index (κ1) is 19.7. The lowest BCUT2D eigenvalue weighted by atomic mass is 9.96. The minimum absolute atomic E-state index is 0.0547. The molecule has 0 aliphatic carbocycles. The van der Waals surface area contributed by atoms with Crippen molar-refractivity contribution in [2.45, 2.75) is 25.6 Å². The molecule has 2 aromatic heterocycles. The summed E-state index contributed by atoms with van der Waals surface area (Å²) >= 11 is 1.56. The second kappa shape index (κ2) is 8.02. The van der Waals surface area contributed by atoms with Crippen molar-refractivity contribution in [1.82, 2.24) is 14.5 Å². The van der Waals surface area contributed by atoms with E-state index in [1.54, 1.807) is 52.7 Å². The Bertz CT molecular complexity index is 1020. The number of carbonyl (C=O) groups excluding carboxylic acids is 1. The quantitative estimate of drug-likeness (QED) is 0.554. The Morgan fingerprint density at radius 3 is 2.62 bits per heavy atom. The second-order valence-corrected chi connectivity index (χ2v) is 8.13. The van der Waals surface area contributed by atoms with Gasteiger partial charge in [0.1, 0.15) is 0 Å². The minimum atomic E-state index is -4.50. The zero-order chi connectivity index (χ0) is 20.4. The van der Waals surface area contributed by atoms with Gasteiger partial charge in [-0.05, 0) is 48.4 Å². The van der Waals surface area contributed by atoms with Crippen LogP contribution in [0.5, 0.6) is 0 Å². The van der Waals surface area contributed by atoms with Gasteiger partial charge in [-0.25, -0.2) is 4.98 Å². The molecule has 0 bridgehead atoms. The molecule has 4 rings (SSSR count). The van der Waals surface area contributed by atoms with Crippen LogP contribution in [0, 0.1) is 5.92 Å². The summed E-state index contributed by atoms with van der Waals surface area (Å²) in [6.45, 7) is 1.35. The van der Waals surface area contributed by atoms with Crippen LogP contribution in [0.2, 0.25) is 0 Å². The summed E-state index contributed by atoms with van der Waals surface area (Å²) < 4.78 is 41.7. The Morgan fingerprint density at radius 1 is 1.17 bits per heavy atom. The lowest BCUT2D eigenvalue weighted by Crippen LogP contribution is -2.38. The van der Waals surface area contributed by atoms with E-state index < -0.39 is 12.0 Å². The lowest BCUT2D eigenvalue weighted by Gasteiger charge is -2.32. The molecule has 0 saturated carbocycles. The molecule has 1 aromatic carbocycles. The van der Waals surface area contributed by atoms with E-state index in [2.05, 4.69) is 4.98 Å². The number of para-hydroxylation sites is 2. The second-order valence-electron chi connectivity index (χ2n) is 7.15. The van der Waals surface area contributed by atoms with Gasteiger partial charge >= 0.3 is 6.18 Å². The predicted octanol–water partition coefficient (Wildman–Crippen LogP) is 5.07. The van der Waals surface area contributed by atoms with Crippen LogP contribution < -0.4 is 0 Å². The molecule has 0 unspecified atom stereocenters. The van der Waals surface area contributed by atoms with Crippen LogP contribution in [0.25, 0.3) is 17.1 Å². The van der Waals surface area contributed by atoms with E-state index in [9.17, 15) is 18.0 Å². The molecule has 0 atom stereocenters. The first-order valence-corrected chi connectivity index (χ1v) is 10.3. The van der Waals surface area contributed by atoms with Crippen LogP contribution in [0.1, 0.15) is 23.5 Å². The normalized spacial score (nSPS) is 16.2. The number of piperidine rings is 1. The highest BCUT2D eigenvalue weighted by molar-refractivity contribution is 7.10. The first-order valence-electron chi connectivity index (χ1n) is 9.45. The molecule has 1 fully saturated rings. The number of amides is 1. The average Bonchev–Trinajstić information content (AvgIpc) is 3.35. The highest BCUT2D eigenvalue weighted by Crippen LogP contribution is 2.33. The average molecular weight is 419 g/mol. The van der Waals surface area contributed by atoms with Gasteiger partial charge in [-0.3, -0.25) is 4.79 Å². The number of halogens is 3. The van der Waals surface area contributed by atoms with E-state index >= 15 is 0 Å². The SMILES string of the molecule is O=C(C=Cc1cccs1)N1CCC(Cn2c(C(F)(F)F)nc3ccccc32)CC1. The molecule has 152 valence electrons. The minimum Gasteiger partial charge on any atom is -0.339 e. The number of rotatable bonds is 4. The Balaban J connectivity index is 1.43. The predicted molar refractivity (Wildman–Crippen MR) is 107 cm³/mol. The molecule has 0 N–H and O–H groups in total. The summed E-state index contributed by atoms with van der Waals surface area (Å²) in [5.74, 6) is -0.837. The highest BCUT2D eigenvalue weighted by Gasteiger charge is 2.38. The van der Waals surface area contributed by atoms with Crippen molar-refractivity contribution in [2.75, 3.05) is 13.1 Å². The summed E-state index contributed by atoms with van der Waals surface area (Å²) in [5, 5.41) is 1.95. The molecule has 29 heavy (non-hydrogen) atoms. The van der Waals surface area contributed by atoms with E-state index in [1.165, 1.54) is 4.57 Å². The molecule has 8 heteroatoms. The number of likely N-dealkylation sites (tertiary alicyclic amines) is 1. The summed E-state index contributed by atoms with van der Waals surface area (Å²) in [7, 11) is 0. The largest absolute Gasteiger partial charge is 0.449 e. The Kier molecular flexibility index (Phi) is 5.45. The molecule has 1 aliphatic rings. The Morgan fingerprint density at radius 2 is 1.93 bits per heavy atom. The summed E-state index contributed by atoms with van der Waals surface area (Å²) in [6, 6.07) is 10.5. The molecule has 1 saturated heterocycles. The number of fused-ring (bicyclic) bond motifs is 1.